The third-order valence-corrected chi connectivity index (χ3v) is 5.79. The maximum Gasteiger partial charge on any atom is 0.410 e. The van der Waals surface area contributed by atoms with Crippen LogP contribution in [0.2, 0.25) is 0 Å². The molecule has 2 heterocycles. The quantitative estimate of drug-likeness (QED) is 0.745. The molecule has 0 bridgehead atoms. The number of carbonyl (C=O) groups is 1. The second-order valence-corrected chi connectivity index (χ2v) is 10.1. The predicted molar refractivity (Wildman–Crippen MR) is 110 cm³/mol. The van der Waals surface area contributed by atoms with Crippen LogP contribution in [0.5, 0.6) is 0 Å². The molecule has 1 aliphatic rings. The lowest BCUT2D eigenvalue weighted by Crippen LogP contribution is -2.36. The van der Waals surface area contributed by atoms with E-state index in [0.29, 0.717) is 30.2 Å². The van der Waals surface area contributed by atoms with E-state index in [1.54, 1.807) is 4.90 Å². The van der Waals surface area contributed by atoms with Gasteiger partial charge in [-0.25, -0.2) is 13.2 Å². The zero-order valence-electron chi connectivity index (χ0n) is 17.4. The molecule has 3 rings (SSSR count). The minimum atomic E-state index is -3.54. The van der Waals surface area contributed by atoms with Gasteiger partial charge in [0.2, 0.25) is 15.9 Å². The number of amides is 1. The van der Waals surface area contributed by atoms with Crippen molar-refractivity contribution in [2.45, 2.75) is 45.3 Å². The summed E-state index contributed by atoms with van der Waals surface area (Å²) in [6.45, 7) is 5.97. The summed E-state index contributed by atoms with van der Waals surface area (Å²) in [6.07, 6.45) is 2.12. The van der Waals surface area contributed by atoms with Gasteiger partial charge >= 0.3 is 6.09 Å². The topological polar surface area (TPSA) is 92.9 Å². The van der Waals surface area contributed by atoms with Crippen molar-refractivity contribution in [2.75, 3.05) is 24.2 Å². The third-order valence-electron chi connectivity index (χ3n) is 4.62. The van der Waals surface area contributed by atoms with Crippen LogP contribution in [-0.4, -0.2) is 49.8 Å². The number of aromatic nitrogens is 1. The van der Waals surface area contributed by atoms with Gasteiger partial charge in [-0.1, -0.05) is 30.3 Å². The van der Waals surface area contributed by atoms with E-state index < -0.39 is 27.8 Å². The fourth-order valence-corrected chi connectivity index (χ4v) is 3.62. The number of oxazole rings is 1. The van der Waals surface area contributed by atoms with Crippen LogP contribution in [0.4, 0.5) is 10.6 Å². The molecule has 0 unspecified atom stereocenters. The maximum atomic E-state index is 12.6. The van der Waals surface area contributed by atoms with Crippen LogP contribution in [0.3, 0.4) is 0 Å². The standard InChI is InChI=1S/C20H27N3O5S/c1-20(2,3)28-19(24)23-13-9-12-15(23)18-21-17(22(4)29(5,25)26)16(27-18)14-10-7-6-8-11-14/h6-8,10-11,15H,9,12-13H2,1-5H3/t15-/m0/s1. The summed E-state index contributed by atoms with van der Waals surface area (Å²) in [6, 6.07) is 8.78. The molecule has 0 aliphatic carbocycles. The van der Waals surface area contributed by atoms with E-state index in [1.807, 2.05) is 51.1 Å². The number of anilines is 1. The van der Waals surface area contributed by atoms with E-state index in [9.17, 15) is 13.2 Å². The van der Waals surface area contributed by atoms with E-state index in [4.69, 9.17) is 9.15 Å². The first kappa shape index (κ1) is 21.2. The third kappa shape index (κ3) is 4.72. The molecule has 158 valence electrons. The predicted octanol–water partition coefficient (Wildman–Crippen LogP) is 3.81. The second kappa shape index (κ2) is 7.70. The molecule has 1 saturated heterocycles. The highest BCUT2D eigenvalue weighted by atomic mass is 32.2. The average molecular weight is 422 g/mol. The van der Waals surface area contributed by atoms with Gasteiger partial charge < -0.3 is 9.15 Å². The van der Waals surface area contributed by atoms with Gasteiger partial charge in [-0.2, -0.15) is 4.98 Å². The van der Waals surface area contributed by atoms with Crippen molar-refractivity contribution in [3.8, 4) is 11.3 Å². The molecule has 1 aromatic carbocycles. The van der Waals surface area contributed by atoms with Crippen LogP contribution in [-0.2, 0) is 14.8 Å². The van der Waals surface area contributed by atoms with Crippen LogP contribution >= 0.6 is 0 Å². The van der Waals surface area contributed by atoms with Gasteiger partial charge in [0.05, 0.1) is 6.26 Å². The molecule has 1 amide bonds. The lowest BCUT2D eigenvalue weighted by Gasteiger charge is -2.27. The summed E-state index contributed by atoms with van der Waals surface area (Å²) in [4.78, 5) is 18.7. The Bertz CT molecular complexity index is 979. The van der Waals surface area contributed by atoms with Crippen LogP contribution in [0.1, 0.15) is 45.5 Å². The molecule has 8 nitrogen and oxygen atoms in total. The molecule has 29 heavy (non-hydrogen) atoms. The summed E-state index contributed by atoms with van der Waals surface area (Å²) in [5.41, 5.74) is 0.0936. The first-order valence-electron chi connectivity index (χ1n) is 9.47. The smallest absolute Gasteiger partial charge is 0.410 e. The first-order valence-corrected chi connectivity index (χ1v) is 11.3. The molecule has 1 atom stereocenters. The highest BCUT2D eigenvalue weighted by Gasteiger charge is 2.37. The Kier molecular flexibility index (Phi) is 5.62. The van der Waals surface area contributed by atoms with Gasteiger partial charge in [-0.15, -0.1) is 0 Å². The summed E-state index contributed by atoms with van der Waals surface area (Å²) < 4.78 is 36.9. The van der Waals surface area contributed by atoms with Crippen LogP contribution in [0.15, 0.2) is 34.7 Å². The molecule has 0 saturated carbocycles. The zero-order valence-corrected chi connectivity index (χ0v) is 18.2. The zero-order chi connectivity index (χ0) is 21.4. The van der Waals surface area contributed by atoms with Gasteiger partial charge in [-0.3, -0.25) is 9.21 Å². The van der Waals surface area contributed by atoms with Gasteiger partial charge in [0, 0.05) is 19.2 Å². The van der Waals surface area contributed by atoms with Crippen molar-refractivity contribution < 1.29 is 22.4 Å². The molecule has 1 aliphatic heterocycles. The number of benzene rings is 1. The Morgan fingerprint density at radius 3 is 2.52 bits per heavy atom. The number of carbonyl (C=O) groups excluding carboxylic acids is 1. The molecule has 0 spiro atoms. The molecular weight excluding hydrogens is 394 g/mol. The lowest BCUT2D eigenvalue weighted by molar-refractivity contribution is 0.0204. The Hall–Kier alpha value is -2.55. The molecule has 1 aromatic heterocycles. The number of nitrogens with zero attached hydrogens (tertiary/aromatic N) is 3. The lowest BCUT2D eigenvalue weighted by atomic mass is 10.2. The highest BCUT2D eigenvalue weighted by Crippen LogP contribution is 2.39. The fourth-order valence-electron chi connectivity index (χ4n) is 3.18. The van der Waals surface area contributed by atoms with Crippen molar-refractivity contribution in [1.29, 1.82) is 0 Å². The summed E-state index contributed by atoms with van der Waals surface area (Å²) in [7, 11) is -2.11. The van der Waals surface area contributed by atoms with E-state index in [2.05, 4.69) is 4.98 Å². The van der Waals surface area contributed by atoms with Crippen molar-refractivity contribution >= 4 is 21.9 Å². The minimum absolute atomic E-state index is 0.199. The number of rotatable bonds is 4. The molecule has 2 aromatic rings. The Morgan fingerprint density at radius 2 is 1.93 bits per heavy atom. The number of hydrogen-bond donors (Lipinski definition) is 0. The second-order valence-electron chi connectivity index (χ2n) is 8.13. The maximum absolute atomic E-state index is 12.6. The molecule has 0 radical (unpaired) electrons. The molecule has 1 fully saturated rings. The Labute approximate surface area is 171 Å². The van der Waals surface area contributed by atoms with E-state index in [-0.39, 0.29) is 5.82 Å². The summed E-state index contributed by atoms with van der Waals surface area (Å²) in [5.74, 6) is 0.854. The monoisotopic (exact) mass is 421 g/mol. The van der Waals surface area contributed by atoms with Crippen molar-refractivity contribution in [3.05, 3.63) is 36.2 Å². The van der Waals surface area contributed by atoms with E-state index in [0.717, 1.165) is 17.0 Å². The molecule has 0 N–H and O–H groups in total. The molecular formula is C20H27N3O5S. The van der Waals surface area contributed by atoms with Crippen molar-refractivity contribution in [2.24, 2.45) is 0 Å². The van der Waals surface area contributed by atoms with E-state index in [1.165, 1.54) is 7.05 Å². The van der Waals surface area contributed by atoms with Gasteiger partial charge in [-0.05, 0) is 33.6 Å². The fraction of sp³-hybridized carbons (Fsp3) is 0.500. The first-order chi connectivity index (χ1) is 13.5. The van der Waals surface area contributed by atoms with Crippen molar-refractivity contribution in [1.82, 2.24) is 9.88 Å². The minimum Gasteiger partial charge on any atom is -0.444 e. The number of hydrogen-bond acceptors (Lipinski definition) is 6. The summed E-state index contributed by atoms with van der Waals surface area (Å²) >= 11 is 0. The number of sulfonamides is 1. The molecule has 9 heteroatoms. The van der Waals surface area contributed by atoms with Crippen LogP contribution in [0, 0.1) is 0 Å². The Balaban J connectivity index is 2.02. The number of likely N-dealkylation sites (tertiary alicyclic amines) is 1. The normalized spacial score (nSPS) is 17.4. The van der Waals surface area contributed by atoms with Crippen LogP contribution in [0.25, 0.3) is 11.3 Å². The average Bonchev–Trinajstić information content (AvgIpc) is 3.26. The Morgan fingerprint density at radius 1 is 1.28 bits per heavy atom. The van der Waals surface area contributed by atoms with Crippen molar-refractivity contribution in [3.63, 3.8) is 0 Å². The highest BCUT2D eigenvalue weighted by molar-refractivity contribution is 7.92. The summed E-state index contributed by atoms with van der Waals surface area (Å²) in [5, 5.41) is 0. The largest absolute Gasteiger partial charge is 0.444 e. The SMILES string of the molecule is CN(c1nc([C@@H]2CCCN2C(=O)OC(C)(C)C)oc1-c1ccccc1)S(C)(=O)=O. The number of ether oxygens (including phenoxy) is 1. The van der Waals surface area contributed by atoms with E-state index >= 15 is 0 Å². The van der Waals surface area contributed by atoms with Crippen LogP contribution < -0.4 is 4.31 Å². The van der Waals surface area contributed by atoms with Gasteiger partial charge in [0.25, 0.3) is 0 Å². The van der Waals surface area contributed by atoms with Gasteiger partial charge in [0.1, 0.15) is 11.6 Å². The van der Waals surface area contributed by atoms with Gasteiger partial charge in [0.15, 0.2) is 11.6 Å².